The molecular weight excluding hydrogens is 316 g/mol. The van der Waals surface area contributed by atoms with Crippen molar-refractivity contribution in [3.05, 3.63) is 51.8 Å². The summed E-state index contributed by atoms with van der Waals surface area (Å²) < 4.78 is 3.05. The largest absolute Gasteiger partial charge is 0.272 e. The lowest BCUT2D eigenvalue weighted by Gasteiger charge is -2.16. The number of benzene rings is 1. The summed E-state index contributed by atoms with van der Waals surface area (Å²) >= 11 is 3.50. The molecule has 4 nitrogen and oxygen atoms in total. The van der Waals surface area contributed by atoms with Crippen LogP contribution in [-0.2, 0) is 26.3 Å². The van der Waals surface area contributed by atoms with Crippen molar-refractivity contribution in [3.63, 3.8) is 0 Å². The average Bonchev–Trinajstić information content (AvgIpc) is 2.78. The van der Waals surface area contributed by atoms with Crippen molar-refractivity contribution in [1.29, 1.82) is 0 Å². The minimum absolute atomic E-state index is 0.199. The van der Waals surface area contributed by atoms with Gasteiger partial charge in [-0.25, -0.2) is 0 Å². The molecule has 0 spiro atoms. The Balaban J connectivity index is 2.06. The van der Waals surface area contributed by atoms with Crippen LogP contribution in [0.2, 0.25) is 0 Å². The number of hydrogen-bond acceptors (Lipinski definition) is 3. The first-order valence-corrected chi connectivity index (χ1v) is 7.64. The van der Waals surface area contributed by atoms with E-state index in [1.54, 1.807) is 0 Å². The quantitative estimate of drug-likeness (QED) is 0.629. The van der Waals surface area contributed by atoms with E-state index in [1.165, 1.54) is 11.3 Å². The molecule has 0 aliphatic rings. The Bertz CT molecular complexity index is 565. The smallest absolute Gasteiger partial charge is 0.0624 e. The molecule has 0 amide bonds. The van der Waals surface area contributed by atoms with Crippen molar-refractivity contribution < 1.29 is 0 Å². The van der Waals surface area contributed by atoms with Crippen LogP contribution in [0.25, 0.3) is 0 Å². The van der Waals surface area contributed by atoms with E-state index in [-0.39, 0.29) is 6.04 Å². The number of nitrogens with zero attached hydrogens (tertiary/aromatic N) is 2. The van der Waals surface area contributed by atoms with Gasteiger partial charge in [0.2, 0.25) is 0 Å². The molecule has 1 unspecified atom stereocenters. The fourth-order valence-electron chi connectivity index (χ4n) is 2.33. The third kappa shape index (κ3) is 3.91. The van der Waals surface area contributed by atoms with Gasteiger partial charge in [0.1, 0.15) is 0 Å². The number of hydrazine groups is 1. The van der Waals surface area contributed by atoms with Crippen LogP contribution >= 0.6 is 15.9 Å². The zero-order chi connectivity index (χ0) is 14.5. The number of hydrogen-bond donors (Lipinski definition) is 2. The van der Waals surface area contributed by atoms with E-state index in [0.29, 0.717) is 0 Å². The van der Waals surface area contributed by atoms with Crippen molar-refractivity contribution in [1.82, 2.24) is 15.2 Å². The molecule has 5 heteroatoms. The molecule has 1 aromatic carbocycles. The van der Waals surface area contributed by atoms with Crippen molar-refractivity contribution in [2.75, 3.05) is 0 Å². The Kier molecular flexibility index (Phi) is 5.34. The fraction of sp³-hybridized carbons (Fsp3) is 0.400. The first-order chi connectivity index (χ1) is 9.62. The van der Waals surface area contributed by atoms with Crippen molar-refractivity contribution in [2.24, 2.45) is 12.9 Å². The van der Waals surface area contributed by atoms with Crippen LogP contribution in [0.4, 0.5) is 0 Å². The van der Waals surface area contributed by atoms with Crippen molar-refractivity contribution in [2.45, 2.75) is 32.2 Å². The summed E-state index contributed by atoms with van der Waals surface area (Å²) in [5.74, 6) is 5.70. The molecule has 3 N–H and O–H groups in total. The standard InChI is InChI=1S/C15H21BrN4/c1-3-13-9-15(20(2)19-13)10-14(18-17)8-11-5-4-6-12(16)7-11/h4-7,9,14,18H,3,8,10,17H2,1-2H3. The molecule has 2 aromatic rings. The Morgan fingerprint density at radius 1 is 1.35 bits per heavy atom. The van der Waals surface area contributed by atoms with Gasteiger partial charge in [0, 0.05) is 29.7 Å². The minimum Gasteiger partial charge on any atom is -0.272 e. The van der Waals surface area contributed by atoms with Gasteiger partial charge in [-0.3, -0.25) is 16.0 Å². The molecule has 0 aliphatic carbocycles. The van der Waals surface area contributed by atoms with E-state index in [9.17, 15) is 0 Å². The molecule has 0 fully saturated rings. The van der Waals surface area contributed by atoms with Crippen LogP contribution in [0.3, 0.4) is 0 Å². The number of halogens is 1. The summed E-state index contributed by atoms with van der Waals surface area (Å²) in [5.41, 5.74) is 6.51. The lowest BCUT2D eigenvalue weighted by Crippen LogP contribution is -2.38. The normalized spacial score (nSPS) is 12.6. The lowest BCUT2D eigenvalue weighted by atomic mass is 10.0. The predicted octanol–water partition coefficient (Wildman–Crippen LogP) is 2.36. The number of aryl methyl sites for hydroxylation is 2. The maximum Gasteiger partial charge on any atom is 0.0624 e. The van der Waals surface area contributed by atoms with Gasteiger partial charge in [0.05, 0.1) is 5.69 Å². The minimum atomic E-state index is 0.199. The van der Waals surface area contributed by atoms with E-state index in [1.807, 2.05) is 23.9 Å². The molecule has 20 heavy (non-hydrogen) atoms. The van der Waals surface area contributed by atoms with Gasteiger partial charge >= 0.3 is 0 Å². The third-order valence-corrected chi connectivity index (χ3v) is 3.95. The SMILES string of the molecule is CCc1cc(CC(Cc2cccc(Br)c2)NN)n(C)n1. The number of rotatable bonds is 6. The monoisotopic (exact) mass is 336 g/mol. The summed E-state index contributed by atoms with van der Waals surface area (Å²) in [4.78, 5) is 0. The zero-order valence-corrected chi connectivity index (χ0v) is 13.5. The van der Waals surface area contributed by atoms with Crippen LogP contribution in [0.15, 0.2) is 34.8 Å². The second kappa shape index (κ2) is 7.02. The highest BCUT2D eigenvalue weighted by molar-refractivity contribution is 9.10. The van der Waals surface area contributed by atoms with E-state index in [2.05, 4.69) is 51.6 Å². The van der Waals surface area contributed by atoms with Crippen LogP contribution in [0.1, 0.15) is 23.9 Å². The molecule has 0 saturated heterocycles. The first-order valence-electron chi connectivity index (χ1n) is 6.84. The molecule has 1 aromatic heterocycles. The Labute approximate surface area is 128 Å². The Morgan fingerprint density at radius 3 is 2.75 bits per heavy atom. The van der Waals surface area contributed by atoms with Gasteiger partial charge in [-0.1, -0.05) is 35.0 Å². The molecule has 1 atom stereocenters. The molecule has 0 radical (unpaired) electrons. The summed E-state index contributed by atoms with van der Waals surface area (Å²) in [6, 6.07) is 10.7. The van der Waals surface area contributed by atoms with Gasteiger partial charge < -0.3 is 0 Å². The van der Waals surface area contributed by atoms with Gasteiger partial charge in [0.15, 0.2) is 0 Å². The summed E-state index contributed by atoms with van der Waals surface area (Å²) in [5, 5.41) is 4.48. The highest BCUT2D eigenvalue weighted by atomic mass is 79.9. The van der Waals surface area contributed by atoms with Crippen LogP contribution in [0.5, 0.6) is 0 Å². The topological polar surface area (TPSA) is 55.9 Å². The number of nitrogens with one attached hydrogen (secondary N) is 1. The number of nitrogens with two attached hydrogens (primary N) is 1. The van der Waals surface area contributed by atoms with E-state index >= 15 is 0 Å². The summed E-state index contributed by atoms with van der Waals surface area (Å²) in [6.07, 6.45) is 2.72. The zero-order valence-electron chi connectivity index (χ0n) is 11.9. The van der Waals surface area contributed by atoms with E-state index < -0.39 is 0 Å². The van der Waals surface area contributed by atoms with Gasteiger partial charge in [-0.05, 0) is 36.6 Å². The highest BCUT2D eigenvalue weighted by Gasteiger charge is 2.12. The van der Waals surface area contributed by atoms with Crippen molar-refractivity contribution >= 4 is 15.9 Å². The third-order valence-electron chi connectivity index (χ3n) is 3.45. The first kappa shape index (κ1) is 15.2. The molecule has 1 heterocycles. The van der Waals surface area contributed by atoms with Crippen molar-refractivity contribution in [3.8, 4) is 0 Å². The molecular formula is C15H21BrN4. The Hall–Kier alpha value is -1.17. The Morgan fingerprint density at radius 2 is 2.15 bits per heavy atom. The number of aromatic nitrogens is 2. The molecule has 0 aliphatic heterocycles. The summed E-state index contributed by atoms with van der Waals surface area (Å²) in [7, 11) is 1.99. The highest BCUT2D eigenvalue weighted by Crippen LogP contribution is 2.15. The van der Waals surface area contributed by atoms with E-state index in [0.717, 1.165) is 29.4 Å². The summed E-state index contributed by atoms with van der Waals surface area (Å²) in [6.45, 7) is 2.12. The van der Waals surface area contributed by atoms with Gasteiger partial charge in [0.25, 0.3) is 0 Å². The van der Waals surface area contributed by atoms with Crippen LogP contribution in [-0.4, -0.2) is 15.8 Å². The van der Waals surface area contributed by atoms with Gasteiger partial charge in [-0.2, -0.15) is 5.10 Å². The maximum atomic E-state index is 5.70. The maximum absolute atomic E-state index is 5.70. The van der Waals surface area contributed by atoms with E-state index in [4.69, 9.17) is 5.84 Å². The molecule has 108 valence electrons. The second-order valence-electron chi connectivity index (χ2n) is 5.01. The molecule has 0 bridgehead atoms. The predicted molar refractivity (Wildman–Crippen MR) is 85.2 cm³/mol. The molecule has 0 saturated carbocycles. The average molecular weight is 337 g/mol. The van der Waals surface area contributed by atoms with Crippen LogP contribution < -0.4 is 11.3 Å². The second-order valence-corrected chi connectivity index (χ2v) is 5.92. The van der Waals surface area contributed by atoms with Crippen LogP contribution in [0, 0.1) is 0 Å². The van der Waals surface area contributed by atoms with Gasteiger partial charge in [-0.15, -0.1) is 0 Å². The lowest BCUT2D eigenvalue weighted by molar-refractivity contribution is 0.505. The molecule has 2 rings (SSSR count). The fourth-order valence-corrected chi connectivity index (χ4v) is 2.77.